The van der Waals surface area contributed by atoms with Gasteiger partial charge in [-0.1, -0.05) is 17.7 Å². The van der Waals surface area contributed by atoms with Crippen molar-refractivity contribution in [1.29, 1.82) is 0 Å². The Kier molecular flexibility index (Phi) is 3.01. The van der Waals surface area contributed by atoms with E-state index in [2.05, 4.69) is 16.9 Å². The molecule has 2 rings (SSSR count). The van der Waals surface area contributed by atoms with Crippen LogP contribution < -0.4 is 0 Å². The van der Waals surface area contributed by atoms with Crippen molar-refractivity contribution in [3.63, 3.8) is 0 Å². The Balaban J connectivity index is 2.40. The van der Waals surface area contributed by atoms with E-state index in [1.807, 2.05) is 20.8 Å². The van der Waals surface area contributed by atoms with Crippen LogP contribution in [0.3, 0.4) is 0 Å². The maximum Gasteiger partial charge on any atom is 0.314 e. The minimum atomic E-state index is -0.411. The predicted octanol–water partition coefficient (Wildman–Crippen LogP) is 2.56. The molecule has 0 radical (unpaired) electrons. The van der Waals surface area contributed by atoms with E-state index in [4.69, 9.17) is 0 Å². The molecule has 1 aliphatic rings. The molecule has 1 fully saturated rings. The third-order valence-corrected chi connectivity index (χ3v) is 3.20. The van der Waals surface area contributed by atoms with Gasteiger partial charge >= 0.3 is 11.9 Å². The molecule has 0 saturated carbocycles. The normalized spacial score (nSPS) is 17.1. The maximum atomic E-state index is 11.3. The SMILES string of the molecule is Cc1cc(C)c(C2CC(=O)OC(=O)C2)c(C)c1. The number of hydrogen-bond acceptors (Lipinski definition) is 3. The average Bonchev–Trinajstić information content (AvgIpc) is 2.13. The molecule has 0 aliphatic carbocycles. The number of carbonyl (C=O) groups excluding carboxylic acids is 2. The van der Waals surface area contributed by atoms with Gasteiger partial charge in [0.15, 0.2) is 0 Å². The smallest absolute Gasteiger partial charge is 0.314 e. The van der Waals surface area contributed by atoms with Gasteiger partial charge in [0, 0.05) is 5.92 Å². The lowest BCUT2D eigenvalue weighted by Crippen LogP contribution is -2.25. The summed E-state index contributed by atoms with van der Waals surface area (Å²) in [5.74, 6) is -0.847. The maximum absolute atomic E-state index is 11.3. The molecule has 0 aromatic heterocycles. The molecule has 0 atom stereocenters. The first-order valence-electron chi connectivity index (χ1n) is 5.78. The Morgan fingerprint density at radius 1 is 1.00 bits per heavy atom. The van der Waals surface area contributed by atoms with Gasteiger partial charge in [0.2, 0.25) is 0 Å². The van der Waals surface area contributed by atoms with E-state index in [9.17, 15) is 9.59 Å². The van der Waals surface area contributed by atoms with Gasteiger partial charge in [0.25, 0.3) is 0 Å². The summed E-state index contributed by atoms with van der Waals surface area (Å²) in [6.45, 7) is 6.10. The van der Waals surface area contributed by atoms with Crippen molar-refractivity contribution in [1.82, 2.24) is 0 Å². The molecule has 0 spiro atoms. The Morgan fingerprint density at radius 2 is 1.47 bits per heavy atom. The Hall–Kier alpha value is -1.64. The van der Waals surface area contributed by atoms with Gasteiger partial charge in [-0.25, -0.2) is 0 Å². The standard InChI is InChI=1S/C14H16O3/c1-8-4-9(2)14(10(3)5-8)11-6-12(15)17-13(16)7-11/h4-5,11H,6-7H2,1-3H3. The van der Waals surface area contributed by atoms with Crippen LogP contribution in [0.5, 0.6) is 0 Å². The Morgan fingerprint density at radius 3 is 1.94 bits per heavy atom. The van der Waals surface area contributed by atoms with Crippen LogP contribution in [0, 0.1) is 20.8 Å². The summed E-state index contributed by atoms with van der Waals surface area (Å²) < 4.78 is 4.56. The highest BCUT2D eigenvalue weighted by Crippen LogP contribution is 2.33. The molecular weight excluding hydrogens is 216 g/mol. The van der Waals surface area contributed by atoms with Crippen LogP contribution in [0.2, 0.25) is 0 Å². The zero-order valence-electron chi connectivity index (χ0n) is 10.4. The second-order valence-electron chi connectivity index (χ2n) is 4.76. The molecule has 0 unspecified atom stereocenters. The first-order chi connectivity index (χ1) is 7.97. The number of carbonyl (C=O) groups is 2. The summed E-state index contributed by atoms with van der Waals surface area (Å²) >= 11 is 0. The first kappa shape index (κ1) is 11.8. The van der Waals surface area contributed by atoms with E-state index in [0.717, 1.165) is 16.7 Å². The van der Waals surface area contributed by atoms with Gasteiger partial charge in [-0.2, -0.15) is 0 Å². The van der Waals surface area contributed by atoms with Crippen LogP contribution >= 0.6 is 0 Å². The number of aryl methyl sites for hydroxylation is 3. The van der Waals surface area contributed by atoms with E-state index in [1.165, 1.54) is 5.56 Å². The van der Waals surface area contributed by atoms with Crippen molar-refractivity contribution in [2.45, 2.75) is 39.5 Å². The minimum absolute atomic E-state index is 0.0238. The topological polar surface area (TPSA) is 43.4 Å². The second kappa shape index (κ2) is 4.32. The predicted molar refractivity (Wildman–Crippen MR) is 63.7 cm³/mol. The highest BCUT2D eigenvalue weighted by Gasteiger charge is 2.30. The summed E-state index contributed by atoms with van der Waals surface area (Å²) in [5.41, 5.74) is 4.62. The van der Waals surface area contributed by atoms with Gasteiger partial charge in [0.1, 0.15) is 0 Å². The molecule has 0 bridgehead atoms. The fourth-order valence-corrected chi connectivity index (χ4v) is 2.72. The highest BCUT2D eigenvalue weighted by molar-refractivity contribution is 5.89. The number of rotatable bonds is 1. The number of hydrogen-bond donors (Lipinski definition) is 0. The fourth-order valence-electron chi connectivity index (χ4n) is 2.72. The van der Waals surface area contributed by atoms with Crippen LogP contribution in [0.25, 0.3) is 0 Å². The lowest BCUT2D eigenvalue weighted by atomic mass is 9.84. The molecule has 1 saturated heterocycles. The highest BCUT2D eigenvalue weighted by atomic mass is 16.6. The first-order valence-corrected chi connectivity index (χ1v) is 5.78. The molecule has 1 aromatic carbocycles. The van der Waals surface area contributed by atoms with Crippen molar-refractivity contribution < 1.29 is 14.3 Å². The Labute approximate surface area is 101 Å². The molecule has 1 heterocycles. The zero-order chi connectivity index (χ0) is 12.6. The number of ether oxygens (including phenoxy) is 1. The van der Waals surface area contributed by atoms with Crippen molar-refractivity contribution in [2.75, 3.05) is 0 Å². The molecule has 0 amide bonds. The van der Waals surface area contributed by atoms with Crippen LogP contribution in [-0.2, 0) is 14.3 Å². The third kappa shape index (κ3) is 2.38. The largest absolute Gasteiger partial charge is 0.393 e. The number of esters is 2. The molecule has 1 aromatic rings. The summed E-state index contributed by atoms with van der Waals surface area (Å²) in [6, 6.07) is 4.18. The minimum Gasteiger partial charge on any atom is -0.393 e. The molecule has 1 aliphatic heterocycles. The van der Waals surface area contributed by atoms with Crippen LogP contribution in [0.1, 0.15) is 41.0 Å². The summed E-state index contributed by atoms with van der Waals surface area (Å²) in [4.78, 5) is 22.6. The Bertz CT molecular complexity index is 449. The number of benzene rings is 1. The molecule has 3 heteroatoms. The van der Waals surface area contributed by atoms with E-state index in [1.54, 1.807) is 0 Å². The lowest BCUT2D eigenvalue weighted by Gasteiger charge is -2.23. The molecule has 90 valence electrons. The monoisotopic (exact) mass is 232 g/mol. The van der Waals surface area contributed by atoms with Gasteiger partial charge < -0.3 is 4.74 Å². The molecule has 3 nitrogen and oxygen atoms in total. The molecule has 0 N–H and O–H groups in total. The van der Waals surface area contributed by atoms with E-state index < -0.39 is 11.9 Å². The van der Waals surface area contributed by atoms with Crippen molar-refractivity contribution >= 4 is 11.9 Å². The summed E-state index contributed by atoms with van der Waals surface area (Å²) in [6.07, 6.45) is 0.604. The zero-order valence-corrected chi connectivity index (χ0v) is 10.4. The molecule has 17 heavy (non-hydrogen) atoms. The summed E-state index contributed by atoms with van der Waals surface area (Å²) in [7, 11) is 0. The van der Waals surface area contributed by atoms with Gasteiger partial charge in [-0.05, 0) is 37.5 Å². The second-order valence-corrected chi connectivity index (χ2v) is 4.76. The van der Waals surface area contributed by atoms with E-state index >= 15 is 0 Å². The van der Waals surface area contributed by atoms with Crippen LogP contribution in [-0.4, -0.2) is 11.9 Å². The van der Waals surface area contributed by atoms with Crippen molar-refractivity contribution in [3.8, 4) is 0 Å². The lowest BCUT2D eigenvalue weighted by molar-refractivity contribution is -0.163. The van der Waals surface area contributed by atoms with Crippen molar-refractivity contribution in [3.05, 3.63) is 34.4 Å². The van der Waals surface area contributed by atoms with Crippen LogP contribution in [0.15, 0.2) is 12.1 Å². The van der Waals surface area contributed by atoms with Crippen LogP contribution in [0.4, 0.5) is 0 Å². The quantitative estimate of drug-likeness (QED) is 0.552. The molecular formula is C14H16O3. The number of cyclic esters (lactones) is 2. The van der Waals surface area contributed by atoms with Crippen molar-refractivity contribution in [2.24, 2.45) is 0 Å². The van der Waals surface area contributed by atoms with Gasteiger partial charge in [0.05, 0.1) is 12.8 Å². The van der Waals surface area contributed by atoms with E-state index in [-0.39, 0.29) is 5.92 Å². The van der Waals surface area contributed by atoms with E-state index in [0.29, 0.717) is 12.8 Å². The fraction of sp³-hybridized carbons (Fsp3) is 0.429. The van der Waals surface area contributed by atoms with Gasteiger partial charge in [-0.3, -0.25) is 9.59 Å². The third-order valence-electron chi connectivity index (χ3n) is 3.20. The average molecular weight is 232 g/mol. The van der Waals surface area contributed by atoms with Gasteiger partial charge in [-0.15, -0.1) is 0 Å². The summed E-state index contributed by atoms with van der Waals surface area (Å²) in [5, 5.41) is 0.